The fraction of sp³-hybridized carbons (Fsp3) is 0.476. The molecule has 2 saturated heterocycles. The van der Waals surface area contributed by atoms with E-state index in [1.807, 2.05) is 30.6 Å². The minimum absolute atomic E-state index is 0.760. The van der Waals surface area contributed by atoms with Crippen LogP contribution in [0, 0.1) is 5.92 Å². The highest BCUT2D eigenvalue weighted by Gasteiger charge is 2.26. The third kappa shape index (κ3) is 3.36. The number of hydrogen-bond donors (Lipinski definition) is 0. The van der Waals surface area contributed by atoms with Crippen LogP contribution in [0.2, 0.25) is 0 Å². The number of ether oxygens (including phenoxy) is 2. The Kier molecular flexibility index (Phi) is 4.98. The Labute approximate surface area is 155 Å². The summed E-state index contributed by atoms with van der Waals surface area (Å²) in [7, 11) is 3.39. The van der Waals surface area contributed by atoms with E-state index in [9.17, 15) is 0 Å². The Morgan fingerprint density at radius 2 is 1.81 bits per heavy atom. The van der Waals surface area contributed by atoms with Gasteiger partial charge in [0.15, 0.2) is 0 Å². The molecule has 1 aromatic heterocycles. The molecule has 4 rings (SSSR count). The van der Waals surface area contributed by atoms with Gasteiger partial charge in [0.2, 0.25) is 0 Å². The Bertz CT molecular complexity index is 742. The molecule has 2 aromatic rings. The lowest BCUT2D eigenvalue weighted by Gasteiger charge is -2.29. The van der Waals surface area contributed by atoms with Crippen LogP contribution in [0.15, 0.2) is 36.7 Å². The zero-order valence-electron chi connectivity index (χ0n) is 15.6. The molecule has 2 fully saturated rings. The van der Waals surface area contributed by atoms with Gasteiger partial charge in [0.05, 0.1) is 31.7 Å². The van der Waals surface area contributed by atoms with E-state index in [4.69, 9.17) is 9.47 Å². The predicted molar refractivity (Wildman–Crippen MR) is 104 cm³/mol. The van der Waals surface area contributed by atoms with Gasteiger partial charge in [-0.15, -0.1) is 0 Å². The Morgan fingerprint density at radius 1 is 1.00 bits per heavy atom. The summed E-state index contributed by atoms with van der Waals surface area (Å²) in [4.78, 5) is 9.64. The number of fused-ring (bicyclic) bond motifs is 2. The van der Waals surface area contributed by atoms with Gasteiger partial charge in [0.25, 0.3) is 0 Å². The summed E-state index contributed by atoms with van der Waals surface area (Å²) in [6.07, 6.45) is 6.54. The zero-order valence-corrected chi connectivity index (χ0v) is 15.6. The first-order valence-corrected chi connectivity index (χ1v) is 9.42. The number of pyridine rings is 1. The molecule has 5 heteroatoms. The number of piperidine rings is 1. The average molecular weight is 353 g/mol. The van der Waals surface area contributed by atoms with Gasteiger partial charge in [-0.3, -0.25) is 4.98 Å². The molecule has 26 heavy (non-hydrogen) atoms. The van der Waals surface area contributed by atoms with E-state index in [0.29, 0.717) is 0 Å². The van der Waals surface area contributed by atoms with E-state index in [1.165, 1.54) is 31.6 Å². The van der Waals surface area contributed by atoms with E-state index in [2.05, 4.69) is 20.9 Å². The van der Waals surface area contributed by atoms with Crippen LogP contribution in [0.4, 0.5) is 5.69 Å². The largest absolute Gasteiger partial charge is 0.496 e. The standard InChI is InChI=1S/C21H27N3O2/c1-25-19-6-3-7-20(26-2)21(19)17-11-18(13-22-12-17)24-10-9-23-8-4-5-16(14-23)15-24/h3,6-7,11-13,16H,4-5,8-10,14-15H2,1-2H3. The first-order chi connectivity index (χ1) is 12.8. The summed E-state index contributed by atoms with van der Waals surface area (Å²) in [5.74, 6) is 2.37. The Balaban J connectivity index is 1.67. The zero-order chi connectivity index (χ0) is 17.9. The minimum Gasteiger partial charge on any atom is -0.496 e. The molecule has 0 saturated carbocycles. The first-order valence-electron chi connectivity index (χ1n) is 9.42. The monoisotopic (exact) mass is 353 g/mol. The van der Waals surface area contributed by atoms with Crippen molar-refractivity contribution in [2.24, 2.45) is 5.92 Å². The molecule has 0 N–H and O–H groups in total. The van der Waals surface area contributed by atoms with E-state index < -0.39 is 0 Å². The number of hydrogen-bond acceptors (Lipinski definition) is 5. The van der Waals surface area contributed by atoms with Crippen molar-refractivity contribution >= 4 is 5.69 Å². The lowest BCUT2D eigenvalue weighted by molar-refractivity contribution is 0.201. The average Bonchev–Trinajstić information content (AvgIpc) is 2.84. The molecule has 138 valence electrons. The molecule has 0 radical (unpaired) electrons. The summed E-state index contributed by atoms with van der Waals surface area (Å²) in [6, 6.07) is 8.10. The van der Waals surface area contributed by atoms with Gasteiger partial charge in [-0.2, -0.15) is 0 Å². The van der Waals surface area contributed by atoms with Crippen LogP contribution in [0.5, 0.6) is 11.5 Å². The first kappa shape index (κ1) is 17.2. The van der Waals surface area contributed by atoms with Crippen molar-refractivity contribution in [3.63, 3.8) is 0 Å². The Morgan fingerprint density at radius 3 is 2.58 bits per heavy atom. The number of nitrogens with zero attached hydrogens (tertiary/aromatic N) is 3. The number of methoxy groups -OCH3 is 2. The molecule has 1 aromatic carbocycles. The molecule has 0 spiro atoms. The van der Waals surface area contributed by atoms with Crippen molar-refractivity contribution in [3.8, 4) is 22.6 Å². The van der Waals surface area contributed by atoms with E-state index in [1.54, 1.807) is 14.2 Å². The summed E-state index contributed by atoms with van der Waals surface area (Å²) < 4.78 is 11.2. The van der Waals surface area contributed by atoms with Crippen molar-refractivity contribution < 1.29 is 9.47 Å². The quantitative estimate of drug-likeness (QED) is 0.843. The fourth-order valence-corrected chi connectivity index (χ4v) is 4.28. The predicted octanol–water partition coefficient (Wildman–Crippen LogP) is 3.30. The summed E-state index contributed by atoms with van der Waals surface area (Å²) in [6.45, 7) is 5.80. The van der Waals surface area contributed by atoms with Gasteiger partial charge in [-0.05, 0) is 43.5 Å². The van der Waals surface area contributed by atoms with Crippen LogP contribution in [-0.4, -0.2) is 56.8 Å². The van der Waals surface area contributed by atoms with Gasteiger partial charge >= 0.3 is 0 Å². The molecule has 3 heterocycles. The van der Waals surface area contributed by atoms with Crippen molar-refractivity contribution in [1.29, 1.82) is 0 Å². The topological polar surface area (TPSA) is 37.8 Å². The maximum atomic E-state index is 5.58. The molecular formula is C21H27N3O2. The molecule has 2 atom stereocenters. The lowest BCUT2D eigenvalue weighted by Crippen LogP contribution is -2.35. The van der Waals surface area contributed by atoms with E-state index in [-0.39, 0.29) is 0 Å². The molecular weight excluding hydrogens is 326 g/mol. The van der Waals surface area contributed by atoms with Crippen LogP contribution >= 0.6 is 0 Å². The fourth-order valence-electron chi connectivity index (χ4n) is 4.28. The summed E-state index contributed by atoms with van der Waals surface area (Å²) in [5, 5.41) is 0. The highest BCUT2D eigenvalue weighted by Crippen LogP contribution is 2.39. The highest BCUT2D eigenvalue weighted by atomic mass is 16.5. The number of rotatable bonds is 4. The number of anilines is 1. The molecule has 2 unspecified atom stereocenters. The maximum Gasteiger partial charge on any atom is 0.130 e. The van der Waals surface area contributed by atoms with Crippen LogP contribution in [0.3, 0.4) is 0 Å². The molecule has 0 amide bonds. The van der Waals surface area contributed by atoms with Gasteiger partial charge in [-0.25, -0.2) is 0 Å². The highest BCUT2D eigenvalue weighted by molar-refractivity contribution is 5.78. The second kappa shape index (κ2) is 7.54. The smallest absolute Gasteiger partial charge is 0.130 e. The molecule has 2 aliphatic rings. The molecule has 5 nitrogen and oxygen atoms in total. The van der Waals surface area contributed by atoms with Crippen molar-refractivity contribution in [2.75, 3.05) is 51.8 Å². The third-order valence-electron chi connectivity index (χ3n) is 5.57. The Hall–Kier alpha value is -2.27. The van der Waals surface area contributed by atoms with Gasteiger partial charge in [0, 0.05) is 37.9 Å². The van der Waals surface area contributed by atoms with Crippen LogP contribution < -0.4 is 14.4 Å². The number of aromatic nitrogens is 1. The third-order valence-corrected chi connectivity index (χ3v) is 5.57. The SMILES string of the molecule is COc1cccc(OC)c1-c1cncc(N2CCN3CCCC(C3)C2)c1. The summed E-state index contributed by atoms with van der Waals surface area (Å²) >= 11 is 0. The minimum atomic E-state index is 0.760. The van der Waals surface area contributed by atoms with Crippen LogP contribution in [0.25, 0.3) is 11.1 Å². The number of benzene rings is 1. The molecule has 2 bridgehead atoms. The second-order valence-corrected chi connectivity index (χ2v) is 7.22. The van der Waals surface area contributed by atoms with Crippen molar-refractivity contribution in [3.05, 3.63) is 36.7 Å². The van der Waals surface area contributed by atoms with Crippen LogP contribution in [-0.2, 0) is 0 Å². The van der Waals surface area contributed by atoms with Crippen molar-refractivity contribution in [1.82, 2.24) is 9.88 Å². The maximum absolute atomic E-state index is 5.58. The second-order valence-electron chi connectivity index (χ2n) is 7.22. The summed E-state index contributed by atoms with van der Waals surface area (Å²) in [5.41, 5.74) is 3.18. The van der Waals surface area contributed by atoms with Gasteiger partial charge in [0.1, 0.15) is 11.5 Å². The van der Waals surface area contributed by atoms with E-state index in [0.717, 1.165) is 48.2 Å². The lowest BCUT2D eigenvalue weighted by atomic mass is 9.98. The van der Waals surface area contributed by atoms with Gasteiger partial charge in [-0.1, -0.05) is 6.07 Å². The van der Waals surface area contributed by atoms with Crippen LogP contribution in [0.1, 0.15) is 12.8 Å². The van der Waals surface area contributed by atoms with Gasteiger partial charge < -0.3 is 19.3 Å². The molecule has 0 aliphatic carbocycles. The molecule has 2 aliphatic heterocycles. The van der Waals surface area contributed by atoms with Crippen molar-refractivity contribution in [2.45, 2.75) is 12.8 Å². The van der Waals surface area contributed by atoms with E-state index >= 15 is 0 Å². The normalized spacial score (nSPS) is 22.6.